The number of aromatic nitrogens is 2. The van der Waals surface area contributed by atoms with Gasteiger partial charge in [-0.05, 0) is 18.6 Å². The molecule has 2 aliphatic rings. The Balaban J connectivity index is 1.71. The van der Waals surface area contributed by atoms with Gasteiger partial charge in [0.2, 0.25) is 5.91 Å². The Labute approximate surface area is 150 Å². The zero-order chi connectivity index (χ0) is 17.4. The number of hydrogen-bond donors (Lipinski definition) is 0. The van der Waals surface area contributed by atoms with Gasteiger partial charge in [-0.25, -0.2) is 9.97 Å². The summed E-state index contributed by atoms with van der Waals surface area (Å²) in [7, 11) is 1.97. The second kappa shape index (κ2) is 6.51. The molecule has 1 aromatic heterocycles. The van der Waals surface area contributed by atoms with Crippen LogP contribution in [0.2, 0.25) is 0 Å². The molecule has 4 rings (SSSR count). The summed E-state index contributed by atoms with van der Waals surface area (Å²) in [5, 5.41) is -0.0230. The third kappa shape index (κ3) is 3.02. The highest BCUT2D eigenvalue weighted by Crippen LogP contribution is 2.30. The van der Waals surface area contributed by atoms with Gasteiger partial charge in [0.1, 0.15) is 6.54 Å². The molecule has 0 unspecified atom stereocenters. The summed E-state index contributed by atoms with van der Waals surface area (Å²) < 4.78 is 0. The minimum Gasteiger partial charge on any atom is -0.357 e. The van der Waals surface area contributed by atoms with E-state index in [2.05, 4.69) is 0 Å². The van der Waals surface area contributed by atoms with Crippen molar-refractivity contribution >= 4 is 45.6 Å². The predicted molar refractivity (Wildman–Crippen MR) is 99.2 cm³/mol. The smallest absolute Gasteiger partial charge is 0.282 e. The summed E-state index contributed by atoms with van der Waals surface area (Å²) in [5.74, 6) is 1.95. The average molecular weight is 357 g/mol. The number of hydrogen-bond acceptors (Lipinski definition) is 6. The quantitative estimate of drug-likeness (QED) is 0.818. The van der Waals surface area contributed by atoms with Gasteiger partial charge in [0.05, 0.1) is 11.0 Å². The fourth-order valence-electron chi connectivity index (χ4n) is 3.16. The Hall–Kier alpha value is -2.35. The Kier molecular flexibility index (Phi) is 4.20. The van der Waals surface area contributed by atoms with Gasteiger partial charge in [-0.2, -0.15) is 0 Å². The second-order valence-corrected chi connectivity index (χ2v) is 7.26. The Morgan fingerprint density at radius 2 is 1.84 bits per heavy atom. The van der Waals surface area contributed by atoms with Crippen LogP contribution in [0.5, 0.6) is 0 Å². The van der Waals surface area contributed by atoms with Gasteiger partial charge in [-0.3, -0.25) is 14.5 Å². The molecule has 25 heavy (non-hydrogen) atoms. The maximum atomic E-state index is 12.9. The molecule has 0 bridgehead atoms. The third-order valence-corrected chi connectivity index (χ3v) is 5.39. The summed E-state index contributed by atoms with van der Waals surface area (Å²) in [6.07, 6.45) is 0.833. The average Bonchev–Trinajstić information content (AvgIpc) is 2.94. The summed E-state index contributed by atoms with van der Waals surface area (Å²) in [5.41, 5.74) is 1.58. The zero-order valence-corrected chi connectivity index (χ0v) is 14.8. The minimum absolute atomic E-state index is 0.0230. The summed E-state index contributed by atoms with van der Waals surface area (Å²) in [4.78, 5) is 39.5. The van der Waals surface area contributed by atoms with Crippen molar-refractivity contribution in [3.05, 3.63) is 24.3 Å². The number of nitrogens with zero attached hydrogens (tertiary/aromatic N) is 5. The first-order valence-electron chi connectivity index (χ1n) is 8.33. The molecule has 0 atom stereocenters. The van der Waals surface area contributed by atoms with Crippen molar-refractivity contribution in [3.8, 4) is 0 Å². The van der Waals surface area contributed by atoms with Crippen LogP contribution in [0.1, 0.15) is 6.42 Å². The number of anilines is 2. The molecule has 0 saturated carbocycles. The van der Waals surface area contributed by atoms with Crippen LogP contribution in [-0.4, -0.2) is 65.0 Å². The van der Waals surface area contributed by atoms with Gasteiger partial charge in [-0.1, -0.05) is 23.9 Å². The normalized spacial score (nSPS) is 17.8. The summed E-state index contributed by atoms with van der Waals surface area (Å²) in [6, 6.07) is 7.67. The van der Waals surface area contributed by atoms with E-state index in [1.165, 1.54) is 11.8 Å². The molecule has 2 aliphatic heterocycles. The highest BCUT2D eigenvalue weighted by molar-refractivity contribution is 8.13. The molecule has 2 amide bonds. The van der Waals surface area contributed by atoms with Crippen molar-refractivity contribution in [1.29, 1.82) is 0 Å². The first-order valence-corrected chi connectivity index (χ1v) is 9.32. The Morgan fingerprint density at radius 1 is 1.12 bits per heavy atom. The number of carbonyl (C=O) groups is 2. The highest BCUT2D eigenvalue weighted by atomic mass is 32.2. The monoisotopic (exact) mass is 357 g/mol. The number of thioether (sulfide) groups is 1. The van der Waals surface area contributed by atoms with Crippen molar-refractivity contribution in [2.75, 3.05) is 48.8 Å². The molecule has 7 nitrogen and oxygen atoms in total. The third-order valence-electron chi connectivity index (χ3n) is 4.50. The first-order chi connectivity index (χ1) is 12.1. The largest absolute Gasteiger partial charge is 0.357 e. The number of para-hydroxylation sites is 2. The maximum absolute atomic E-state index is 12.9. The van der Waals surface area contributed by atoms with E-state index in [0.717, 1.165) is 29.8 Å². The number of fused-ring (bicyclic) bond motifs is 2. The molecule has 2 aromatic rings. The lowest BCUT2D eigenvalue weighted by Crippen LogP contribution is -2.41. The Morgan fingerprint density at radius 3 is 2.52 bits per heavy atom. The van der Waals surface area contributed by atoms with Gasteiger partial charge in [0.25, 0.3) is 5.24 Å². The van der Waals surface area contributed by atoms with Gasteiger partial charge >= 0.3 is 0 Å². The zero-order valence-electron chi connectivity index (χ0n) is 14.0. The molecule has 3 heterocycles. The van der Waals surface area contributed by atoms with E-state index in [4.69, 9.17) is 9.97 Å². The van der Waals surface area contributed by atoms with Crippen LogP contribution in [0.25, 0.3) is 11.0 Å². The summed E-state index contributed by atoms with van der Waals surface area (Å²) >= 11 is 1.27. The lowest BCUT2D eigenvalue weighted by atomic mass is 10.3. The molecule has 1 aromatic carbocycles. The van der Waals surface area contributed by atoms with Gasteiger partial charge in [0, 0.05) is 32.4 Å². The molecule has 0 N–H and O–H groups in total. The molecule has 0 spiro atoms. The van der Waals surface area contributed by atoms with Gasteiger partial charge < -0.3 is 9.80 Å². The van der Waals surface area contributed by atoms with E-state index in [1.54, 1.807) is 9.80 Å². The summed E-state index contributed by atoms with van der Waals surface area (Å²) in [6.45, 7) is 2.11. The number of rotatable bonds is 2. The van der Waals surface area contributed by atoms with Crippen molar-refractivity contribution < 1.29 is 9.59 Å². The molecule has 8 heteroatoms. The molecular weight excluding hydrogens is 338 g/mol. The second-order valence-electron chi connectivity index (χ2n) is 6.22. The van der Waals surface area contributed by atoms with Crippen LogP contribution in [0.4, 0.5) is 16.4 Å². The van der Waals surface area contributed by atoms with Crippen molar-refractivity contribution in [2.24, 2.45) is 0 Å². The lowest BCUT2D eigenvalue weighted by Gasteiger charge is -2.24. The highest BCUT2D eigenvalue weighted by Gasteiger charge is 2.30. The van der Waals surface area contributed by atoms with E-state index in [1.807, 2.05) is 36.2 Å². The van der Waals surface area contributed by atoms with E-state index in [-0.39, 0.29) is 17.7 Å². The van der Waals surface area contributed by atoms with Crippen LogP contribution in [0.3, 0.4) is 0 Å². The van der Waals surface area contributed by atoms with Gasteiger partial charge in [0.15, 0.2) is 11.6 Å². The SMILES string of the molecule is CN1CCCN(C(=O)CN2CCSC2=O)c2nc3ccccc3nc21. The molecule has 1 saturated heterocycles. The standard InChI is InChI=1S/C17H19N5O2S/c1-20-7-4-8-22(14(23)11-21-9-10-25-17(21)24)16-15(20)18-12-5-2-3-6-13(12)19-16/h2-3,5-6H,4,7-11H2,1H3. The van der Waals surface area contributed by atoms with E-state index < -0.39 is 0 Å². The first kappa shape index (κ1) is 16.1. The minimum atomic E-state index is -0.100. The fourth-order valence-corrected chi connectivity index (χ4v) is 3.98. The van der Waals surface area contributed by atoms with Crippen LogP contribution in [0, 0.1) is 0 Å². The molecule has 0 aliphatic carbocycles. The van der Waals surface area contributed by atoms with Crippen LogP contribution in [-0.2, 0) is 4.79 Å². The fraction of sp³-hybridized carbons (Fsp3) is 0.412. The molecule has 130 valence electrons. The maximum Gasteiger partial charge on any atom is 0.282 e. The van der Waals surface area contributed by atoms with Crippen LogP contribution in [0.15, 0.2) is 24.3 Å². The number of carbonyl (C=O) groups excluding carboxylic acids is 2. The Bertz CT molecular complexity index is 843. The van der Waals surface area contributed by atoms with E-state index >= 15 is 0 Å². The molecule has 1 fully saturated rings. The van der Waals surface area contributed by atoms with Gasteiger partial charge in [-0.15, -0.1) is 0 Å². The molecular formula is C17H19N5O2S. The van der Waals surface area contributed by atoms with Crippen molar-refractivity contribution in [1.82, 2.24) is 14.9 Å². The number of benzene rings is 1. The van der Waals surface area contributed by atoms with E-state index in [9.17, 15) is 9.59 Å². The lowest BCUT2D eigenvalue weighted by molar-refractivity contribution is -0.119. The van der Waals surface area contributed by atoms with Crippen LogP contribution < -0.4 is 9.80 Å². The molecule has 0 radical (unpaired) electrons. The van der Waals surface area contributed by atoms with Crippen LogP contribution >= 0.6 is 11.8 Å². The topological polar surface area (TPSA) is 69.6 Å². The van der Waals surface area contributed by atoms with E-state index in [0.29, 0.717) is 24.7 Å². The van der Waals surface area contributed by atoms with Crippen molar-refractivity contribution in [3.63, 3.8) is 0 Å². The van der Waals surface area contributed by atoms with Crippen molar-refractivity contribution in [2.45, 2.75) is 6.42 Å². The number of amides is 2. The predicted octanol–water partition coefficient (Wildman–Crippen LogP) is 1.97.